The highest BCUT2D eigenvalue weighted by Gasteiger charge is 2.39. The molecule has 160 valence electrons. The number of Topliss-reactive ketones (excluding diaryl/α,β-unsaturated/α-hetero) is 1. The summed E-state index contributed by atoms with van der Waals surface area (Å²) in [7, 11) is 1.55. The first-order chi connectivity index (χ1) is 14.9. The van der Waals surface area contributed by atoms with Crippen molar-refractivity contribution in [3.8, 4) is 5.75 Å². The maximum Gasteiger partial charge on any atom is 0.254 e. The number of halogens is 2. The zero-order valence-corrected chi connectivity index (χ0v) is 18.7. The number of hydrogen-bond acceptors (Lipinski definition) is 4. The summed E-state index contributed by atoms with van der Waals surface area (Å²) in [6.07, 6.45) is 1.98. The molecule has 1 aliphatic heterocycles. The number of anilines is 1. The molecule has 0 spiro atoms. The van der Waals surface area contributed by atoms with E-state index in [1.165, 1.54) is 0 Å². The predicted octanol–water partition coefficient (Wildman–Crippen LogP) is 5.61. The Kier molecular flexibility index (Phi) is 6.08. The molecule has 2 aromatic carbocycles. The van der Waals surface area contributed by atoms with E-state index in [1.54, 1.807) is 37.4 Å². The Bertz CT molecular complexity index is 1140. The van der Waals surface area contributed by atoms with Gasteiger partial charge in [-0.2, -0.15) is 0 Å². The number of para-hydroxylation sites is 2. The first-order valence-electron chi connectivity index (χ1n) is 10.0. The molecule has 1 heterocycles. The Balaban J connectivity index is 1.82. The summed E-state index contributed by atoms with van der Waals surface area (Å²) in [6, 6.07) is 12.3. The average Bonchev–Trinajstić information content (AvgIpc) is 2.73. The Morgan fingerprint density at radius 2 is 1.94 bits per heavy atom. The minimum atomic E-state index is -0.580. The monoisotopic (exact) mass is 456 g/mol. The van der Waals surface area contributed by atoms with Gasteiger partial charge in [0.2, 0.25) is 0 Å². The van der Waals surface area contributed by atoms with Gasteiger partial charge in [0.25, 0.3) is 5.91 Å². The van der Waals surface area contributed by atoms with E-state index in [9.17, 15) is 9.59 Å². The van der Waals surface area contributed by atoms with Crippen LogP contribution in [0.25, 0.3) is 0 Å². The van der Waals surface area contributed by atoms with Crippen LogP contribution in [0, 0.1) is 0 Å². The second-order valence-electron chi connectivity index (χ2n) is 7.59. The van der Waals surface area contributed by atoms with E-state index in [1.807, 2.05) is 19.1 Å². The SMILES string of the molecule is COc1ccccc1NC(=O)C1=C(C)NC2=C(C(=O)CCC2)C1c1ccc(Cl)cc1Cl. The summed E-state index contributed by atoms with van der Waals surface area (Å²) < 4.78 is 5.36. The molecule has 4 rings (SSSR count). The quantitative estimate of drug-likeness (QED) is 0.627. The van der Waals surface area contributed by atoms with Crippen LogP contribution in [0.2, 0.25) is 10.0 Å². The van der Waals surface area contributed by atoms with E-state index < -0.39 is 5.92 Å². The van der Waals surface area contributed by atoms with Gasteiger partial charge in [-0.05, 0) is 49.6 Å². The fourth-order valence-corrected chi connectivity index (χ4v) is 4.79. The fourth-order valence-electron chi connectivity index (χ4n) is 4.27. The zero-order valence-electron chi connectivity index (χ0n) is 17.2. The van der Waals surface area contributed by atoms with Crippen LogP contribution in [0.5, 0.6) is 5.75 Å². The van der Waals surface area contributed by atoms with E-state index >= 15 is 0 Å². The third-order valence-electron chi connectivity index (χ3n) is 5.65. The Labute approximate surface area is 191 Å². The summed E-state index contributed by atoms with van der Waals surface area (Å²) in [5.74, 6) is -0.327. The Morgan fingerprint density at radius 3 is 2.68 bits per heavy atom. The van der Waals surface area contributed by atoms with Gasteiger partial charge < -0.3 is 15.4 Å². The molecule has 1 amide bonds. The number of ether oxygens (including phenoxy) is 1. The molecule has 0 bridgehead atoms. The lowest BCUT2D eigenvalue weighted by Gasteiger charge is -2.35. The molecule has 0 saturated carbocycles. The number of methoxy groups -OCH3 is 1. The Morgan fingerprint density at radius 1 is 1.16 bits per heavy atom. The van der Waals surface area contributed by atoms with Gasteiger partial charge in [-0.1, -0.05) is 41.4 Å². The van der Waals surface area contributed by atoms with Gasteiger partial charge in [0, 0.05) is 44.9 Å². The van der Waals surface area contributed by atoms with Crippen LogP contribution in [-0.2, 0) is 9.59 Å². The number of hydrogen-bond donors (Lipinski definition) is 2. The van der Waals surface area contributed by atoms with Crippen molar-refractivity contribution in [2.45, 2.75) is 32.1 Å². The number of benzene rings is 2. The molecule has 2 aromatic rings. The van der Waals surface area contributed by atoms with Crippen LogP contribution in [0.15, 0.2) is 65.0 Å². The topological polar surface area (TPSA) is 67.4 Å². The number of allylic oxidation sites excluding steroid dienone is 3. The maximum atomic E-state index is 13.5. The molecule has 0 saturated heterocycles. The van der Waals surface area contributed by atoms with Gasteiger partial charge in [0.05, 0.1) is 12.8 Å². The fraction of sp³-hybridized carbons (Fsp3) is 0.250. The molecule has 7 heteroatoms. The second-order valence-corrected chi connectivity index (χ2v) is 8.43. The van der Waals surface area contributed by atoms with Gasteiger partial charge in [-0.25, -0.2) is 0 Å². The summed E-state index contributed by atoms with van der Waals surface area (Å²) in [5.41, 5.74) is 3.83. The van der Waals surface area contributed by atoms with Crippen LogP contribution in [-0.4, -0.2) is 18.8 Å². The van der Waals surface area contributed by atoms with E-state index in [4.69, 9.17) is 27.9 Å². The van der Waals surface area contributed by atoms with Gasteiger partial charge in [0.15, 0.2) is 5.78 Å². The summed E-state index contributed by atoms with van der Waals surface area (Å²) in [6.45, 7) is 1.84. The first-order valence-corrected chi connectivity index (χ1v) is 10.8. The van der Waals surface area contributed by atoms with Crippen molar-refractivity contribution < 1.29 is 14.3 Å². The molecule has 31 heavy (non-hydrogen) atoms. The number of rotatable bonds is 4. The molecule has 1 atom stereocenters. The lowest BCUT2D eigenvalue weighted by Crippen LogP contribution is -2.35. The van der Waals surface area contributed by atoms with Crippen LogP contribution >= 0.6 is 23.2 Å². The van der Waals surface area contributed by atoms with Gasteiger partial charge in [-0.15, -0.1) is 0 Å². The van der Waals surface area contributed by atoms with E-state index in [0.29, 0.717) is 50.3 Å². The molecule has 0 aromatic heterocycles. The summed E-state index contributed by atoms with van der Waals surface area (Å²) in [5, 5.41) is 7.15. The standard InChI is InChI=1S/C24H22Cl2N2O3/c1-13-21(24(30)28-17-6-3-4-9-20(17)31-2)22(15-11-10-14(25)12-16(15)26)23-18(27-13)7-5-8-19(23)29/h3-4,6,9-12,22,27H,5,7-8H2,1-2H3,(H,28,30). The van der Waals surface area contributed by atoms with Crippen molar-refractivity contribution in [2.75, 3.05) is 12.4 Å². The summed E-state index contributed by atoms with van der Waals surface area (Å²) >= 11 is 12.7. The first kappa shape index (κ1) is 21.5. The van der Waals surface area contributed by atoms with Crippen LogP contribution in [0.4, 0.5) is 5.69 Å². The lowest BCUT2D eigenvalue weighted by molar-refractivity contribution is -0.116. The highest BCUT2D eigenvalue weighted by Crippen LogP contribution is 2.45. The average molecular weight is 457 g/mol. The number of carbonyl (C=O) groups excluding carboxylic acids is 2. The third kappa shape index (κ3) is 4.08. The normalized spacial score (nSPS) is 18.5. The van der Waals surface area contributed by atoms with Crippen LogP contribution in [0.3, 0.4) is 0 Å². The van der Waals surface area contributed by atoms with E-state index in [2.05, 4.69) is 10.6 Å². The number of amides is 1. The lowest BCUT2D eigenvalue weighted by atomic mass is 9.75. The highest BCUT2D eigenvalue weighted by molar-refractivity contribution is 6.35. The van der Waals surface area contributed by atoms with Crippen LogP contribution in [0.1, 0.15) is 37.7 Å². The molecule has 0 radical (unpaired) electrons. The highest BCUT2D eigenvalue weighted by atomic mass is 35.5. The number of ketones is 1. The molecular formula is C24H22Cl2N2O3. The van der Waals surface area contributed by atoms with Gasteiger partial charge >= 0.3 is 0 Å². The number of nitrogens with one attached hydrogen (secondary N) is 2. The number of carbonyl (C=O) groups is 2. The zero-order chi connectivity index (χ0) is 22.1. The molecule has 5 nitrogen and oxygen atoms in total. The maximum absolute atomic E-state index is 13.5. The smallest absolute Gasteiger partial charge is 0.254 e. The predicted molar refractivity (Wildman–Crippen MR) is 123 cm³/mol. The van der Waals surface area contributed by atoms with Crippen molar-refractivity contribution in [1.29, 1.82) is 0 Å². The Hall–Kier alpha value is -2.76. The van der Waals surface area contributed by atoms with Crippen molar-refractivity contribution >= 4 is 40.6 Å². The largest absolute Gasteiger partial charge is 0.495 e. The molecule has 1 aliphatic carbocycles. The van der Waals surface area contributed by atoms with Crippen molar-refractivity contribution in [3.63, 3.8) is 0 Å². The minimum Gasteiger partial charge on any atom is -0.495 e. The van der Waals surface area contributed by atoms with Crippen molar-refractivity contribution in [3.05, 3.63) is 80.6 Å². The molecule has 0 fully saturated rings. The van der Waals surface area contributed by atoms with Crippen molar-refractivity contribution in [1.82, 2.24) is 5.32 Å². The molecule has 2 aliphatic rings. The molecule has 2 N–H and O–H groups in total. The molecule has 1 unspecified atom stereocenters. The second kappa shape index (κ2) is 8.77. The van der Waals surface area contributed by atoms with Crippen molar-refractivity contribution in [2.24, 2.45) is 0 Å². The number of dihydropyridines is 1. The molecular weight excluding hydrogens is 435 g/mol. The van der Waals surface area contributed by atoms with E-state index in [0.717, 1.165) is 18.5 Å². The van der Waals surface area contributed by atoms with Crippen LogP contribution < -0.4 is 15.4 Å². The van der Waals surface area contributed by atoms with Gasteiger partial charge in [0.1, 0.15) is 5.75 Å². The van der Waals surface area contributed by atoms with Gasteiger partial charge in [-0.3, -0.25) is 9.59 Å². The minimum absolute atomic E-state index is 0.0276. The third-order valence-corrected chi connectivity index (χ3v) is 6.21. The van der Waals surface area contributed by atoms with E-state index in [-0.39, 0.29) is 11.7 Å². The summed E-state index contributed by atoms with van der Waals surface area (Å²) in [4.78, 5) is 26.5.